The van der Waals surface area contributed by atoms with Gasteiger partial charge in [0.2, 0.25) is 0 Å². The lowest BCUT2D eigenvalue weighted by Gasteiger charge is -2.41. The molecule has 116 valence electrons. The standard InChI is InChI=1S/C14H22FN5O/c1-14(2,20-8-6-19(3)7-9-20)13(21)18-17-12-5-4-11(15)10-16-12/h4-5,10H,6-9H2,1-3H3,(H,16,17)(H,18,21). The smallest absolute Gasteiger partial charge is 0.258 e. The molecule has 6 nitrogen and oxygen atoms in total. The highest BCUT2D eigenvalue weighted by atomic mass is 19.1. The normalized spacial score (nSPS) is 17.5. The van der Waals surface area contributed by atoms with E-state index in [1.165, 1.54) is 12.1 Å². The quantitative estimate of drug-likeness (QED) is 0.800. The van der Waals surface area contributed by atoms with Gasteiger partial charge >= 0.3 is 0 Å². The third-order valence-electron chi connectivity index (χ3n) is 3.88. The molecule has 1 aliphatic heterocycles. The molecule has 2 heterocycles. The molecule has 2 N–H and O–H groups in total. The highest BCUT2D eigenvalue weighted by Gasteiger charge is 2.35. The van der Waals surface area contributed by atoms with Crippen molar-refractivity contribution in [1.29, 1.82) is 0 Å². The van der Waals surface area contributed by atoms with Crippen LogP contribution in [0.15, 0.2) is 18.3 Å². The van der Waals surface area contributed by atoms with E-state index in [0.717, 1.165) is 32.4 Å². The van der Waals surface area contributed by atoms with Gasteiger partial charge in [-0.3, -0.25) is 20.5 Å². The minimum atomic E-state index is -0.617. The number of nitrogens with zero attached hydrogens (tertiary/aromatic N) is 3. The highest BCUT2D eigenvalue weighted by molar-refractivity contribution is 5.86. The Morgan fingerprint density at radius 1 is 1.29 bits per heavy atom. The summed E-state index contributed by atoms with van der Waals surface area (Å²) in [4.78, 5) is 20.6. The van der Waals surface area contributed by atoms with E-state index in [2.05, 4.69) is 32.7 Å². The molecule has 21 heavy (non-hydrogen) atoms. The molecule has 0 aromatic carbocycles. The summed E-state index contributed by atoms with van der Waals surface area (Å²) >= 11 is 0. The number of hydrogen-bond donors (Lipinski definition) is 2. The summed E-state index contributed by atoms with van der Waals surface area (Å²) < 4.78 is 12.8. The first-order valence-electron chi connectivity index (χ1n) is 7.01. The van der Waals surface area contributed by atoms with Crippen LogP contribution in [0.5, 0.6) is 0 Å². The Morgan fingerprint density at radius 2 is 1.95 bits per heavy atom. The van der Waals surface area contributed by atoms with Gasteiger partial charge in [0.25, 0.3) is 5.91 Å². The minimum Gasteiger partial charge on any atom is -0.304 e. The Kier molecular flexibility index (Phi) is 4.74. The maximum Gasteiger partial charge on any atom is 0.258 e. The largest absolute Gasteiger partial charge is 0.304 e. The minimum absolute atomic E-state index is 0.141. The van der Waals surface area contributed by atoms with E-state index in [0.29, 0.717) is 5.82 Å². The van der Waals surface area contributed by atoms with Crippen LogP contribution in [-0.2, 0) is 4.79 Å². The van der Waals surface area contributed by atoms with Gasteiger partial charge in [-0.25, -0.2) is 9.37 Å². The average Bonchev–Trinajstić information content (AvgIpc) is 2.46. The molecule has 1 fully saturated rings. The van der Waals surface area contributed by atoms with Crippen molar-refractivity contribution in [3.05, 3.63) is 24.1 Å². The van der Waals surface area contributed by atoms with Crippen molar-refractivity contribution in [2.45, 2.75) is 19.4 Å². The van der Waals surface area contributed by atoms with Crippen LogP contribution in [0.2, 0.25) is 0 Å². The molecule has 0 radical (unpaired) electrons. The zero-order valence-corrected chi connectivity index (χ0v) is 12.7. The first-order chi connectivity index (χ1) is 9.89. The van der Waals surface area contributed by atoms with Crippen LogP contribution in [0, 0.1) is 5.82 Å². The Balaban J connectivity index is 1.90. The van der Waals surface area contributed by atoms with Crippen LogP contribution in [0.25, 0.3) is 0 Å². The zero-order valence-electron chi connectivity index (χ0n) is 12.7. The molecule has 1 amide bonds. The maximum atomic E-state index is 12.8. The van der Waals surface area contributed by atoms with Crippen LogP contribution in [0.4, 0.5) is 10.2 Å². The van der Waals surface area contributed by atoms with Gasteiger partial charge in [-0.2, -0.15) is 0 Å². The fourth-order valence-electron chi connectivity index (χ4n) is 2.23. The van der Waals surface area contributed by atoms with Crippen molar-refractivity contribution < 1.29 is 9.18 Å². The summed E-state index contributed by atoms with van der Waals surface area (Å²) in [6.07, 6.45) is 1.10. The van der Waals surface area contributed by atoms with Gasteiger partial charge in [-0.1, -0.05) is 0 Å². The van der Waals surface area contributed by atoms with Gasteiger partial charge in [0.1, 0.15) is 11.6 Å². The summed E-state index contributed by atoms with van der Waals surface area (Å²) in [7, 11) is 2.08. The van der Waals surface area contributed by atoms with Crippen LogP contribution >= 0.6 is 0 Å². The van der Waals surface area contributed by atoms with Crippen LogP contribution in [0.3, 0.4) is 0 Å². The van der Waals surface area contributed by atoms with Crippen molar-refractivity contribution in [2.75, 3.05) is 38.7 Å². The Labute approximate surface area is 124 Å². The molecule has 7 heteroatoms. The number of hydrazine groups is 1. The third-order valence-corrected chi connectivity index (χ3v) is 3.88. The van der Waals surface area contributed by atoms with Crippen molar-refractivity contribution in [3.63, 3.8) is 0 Å². The van der Waals surface area contributed by atoms with Gasteiger partial charge in [0, 0.05) is 26.2 Å². The molecule has 1 aliphatic rings. The predicted molar refractivity (Wildman–Crippen MR) is 79.1 cm³/mol. The number of rotatable bonds is 4. The van der Waals surface area contributed by atoms with E-state index in [1.54, 1.807) is 0 Å². The van der Waals surface area contributed by atoms with E-state index < -0.39 is 11.4 Å². The topological polar surface area (TPSA) is 60.5 Å². The number of amides is 1. The monoisotopic (exact) mass is 295 g/mol. The van der Waals surface area contributed by atoms with Crippen molar-refractivity contribution >= 4 is 11.7 Å². The molecule has 1 aromatic heterocycles. The lowest BCUT2D eigenvalue weighted by molar-refractivity contribution is -0.132. The third kappa shape index (κ3) is 3.89. The molecule has 0 spiro atoms. The molecular formula is C14H22FN5O. The first kappa shape index (κ1) is 15.7. The molecular weight excluding hydrogens is 273 g/mol. The lowest BCUT2D eigenvalue weighted by atomic mass is 10.0. The molecule has 1 saturated heterocycles. The number of piperazine rings is 1. The average molecular weight is 295 g/mol. The number of likely N-dealkylation sites (N-methyl/N-ethyl adjacent to an activating group) is 1. The van der Waals surface area contributed by atoms with Gasteiger partial charge in [-0.15, -0.1) is 0 Å². The van der Waals surface area contributed by atoms with Crippen molar-refractivity contribution in [1.82, 2.24) is 20.2 Å². The Bertz CT molecular complexity index is 483. The number of anilines is 1. The van der Waals surface area contributed by atoms with Gasteiger partial charge < -0.3 is 4.90 Å². The highest BCUT2D eigenvalue weighted by Crippen LogP contribution is 2.17. The van der Waals surface area contributed by atoms with E-state index in [9.17, 15) is 9.18 Å². The van der Waals surface area contributed by atoms with E-state index >= 15 is 0 Å². The molecule has 2 rings (SSSR count). The molecule has 0 unspecified atom stereocenters. The van der Waals surface area contributed by atoms with Gasteiger partial charge in [0.15, 0.2) is 0 Å². The molecule has 0 saturated carbocycles. The van der Waals surface area contributed by atoms with E-state index in [1.807, 2.05) is 13.8 Å². The zero-order chi connectivity index (χ0) is 15.5. The number of pyridine rings is 1. The van der Waals surface area contributed by atoms with Gasteiger partial charge in [0.05, 0.1) is 11.7 Å². The fraction of sp³-hybridized carbons (Fsp3) is 0.571. The number of nitrogens with one attached hydrogen (secondary N) is 2. The number of carbonyl (C=O) groups excluding carboxylic acids is 1. The number of hydrogen-bond acceptors (Lipinski definition) is 5. The SMILES string of the molecule is CN1CCN(C(C)(C)C(=O)NNc2ccc(F)cn2)CC1. The fourth-order valence-corrected chi connectivity index (χ4v) is 2.23. The Hall–Kier alpha value is -1.73. The molecule has 0 atom stereocenters. The number of halogens is 1. The lowest BCUT2D eigenvalue weighted by Crippen LogP contribution is -2.60. The summed E-state index contributed by atoms with van der Waals surface area (Å²) in [6, 6.07) is 2.76. The van der Waals surface area contributed by atoms with E-state index in [4.69, 9.17) is 0 Å². The molecule has 0 aliphatic carbocycles. The summed E-state index contributed by atoms with van der Waals surface area (Å²) in [5.74, 6) is -0.151. The van der Waals surface area contributed by atoms with Crippen LogP contribution < -0.4 is 10.9 Å². The second-order valence-electron chi connectivity index (χ2n) is 5.79. The van der Waals surface area contributed by atoms with E-state index in [-0.39, 0.29) is 5.91 Å². The van der Waals surface area contributed by atoms with Crippen molar-refractivity contribution in [3.8, 4) is 0 Å². The van der Waals surface area contributed by atoms with Crippen LogP contribution in [-0.4, -0.2) is 59.5 Å². The summed E-state index contributed by atoms with van der Waals surface area (Å²) in [5.41, 5.74) is 4.73. The summed E-state index contributed by atoms with van der Waals surface area (Å²) in [5, 5.41) is 0. The Morgan fingerprint density at radius 3 is 2.52 bits per heavy atom. The second-order valence-corrected chi connectivity index (χ2v) is 5.79. The maximum absolute atomic E-state index is 12.8. The van der Waals surface area contributed by atoms with Crippen molar-refractivity contribution in [2.24, 2.45) is 0 Å². The van der Waals surface area contributed by atoms with Crippen LogP contribution in [0.1, 0.15) is 13.8 Å². The predicted octanol–water partition coefficient (Wildman–Crippen LogP) is 0.690. The second kappa shape index (κ2) is 6.36. The van der Waals surface area contributed by atoms with Gasteiger partial charge in [-0.05, 0) is 33.0 Å². The first-order valence-corrected chi connectivity index (χ1v) is 7.01. The number of aromatic nitrogens is 1. The molecule has 1 aromatic rings. The molecule has 0 bridgehead atoms. The summed E-state index contributed by atoms with van der Waals surface area (Å²) in [6.45, 7) is 7.39. The number of carbonyl (C=O) groups is 1.